The van der Waals surface area contributed by atoms with E-state index in [4.69, 9.17) is 11.6 Å². The van der Waals surface area contributed by atoms with Crippen molar-refractivity contribution in [3.8, 4) is 5.75 Å². The van der Waals surface area contributed by atoms with Crippen LogP contribution in [0.2, 0.25) is 0 Å². The van der Waals surface area contributed by atoms with E-state index in [1.165, 1.54) is 159 Å². The third-order valence-corrected chi connectivity index (χ3v) is 22.4. The first-order chi connectivity index (χ1) is 65.3. The van der Waals surface area contributed by atoms with E-state index in [1.807, 2.05) is 24.3 Å². The number of hydrogen-bond donors (Lipinski definition) is 16. The minimum atomic E-state index is -0.738. The molecule has 3 aromatic carbocycles. The molecule has 16 N–H and O–H groups in total. The summed E-state index contributed by atoms with van der Waals surface area (Å²) in [5.74, 6) is -8.13. The number of aromatic nitrogens is 16. The number of carbonyl (C=O) groups is 15. The Morgan fingerprint density at radius 2 is 0.723 bits per heavy atom. The largest absolute Gasteiger partial charge is 0.507 e. The summed E-state index contributed by atoms with van der Waals surface area (Å²) in [6.07, 6.45) is 14.5. The van der Waals surface area contributed by atoms with Gasteiger partial charge in [0.15, 0.2) is 29.1 Å². The molecule has 1 aliphatic rings. The van der Waals surface area contributed by atoms with Gasteiger partial charge in [0.05, 0.1) is 34.1 Å². The van der Waals surface area contributed by atoms with E-state index < -0.39 is 76.8 Å². The monoisotopic (exact) mass is 1890 g/mol. The summed E-state index contributed by atoms with van der Waals surface area (Å²) in [4.78, 5) is 225. The predicted octanol–water partition coefficient (Wildman–Crippen LogP) is 6.76. The Morgan fingerprint density at radius 1 is 0.365 bits per heavy atom. The smallest absolute Gasteiger partial charge is 0.292 e. The number of imidazole rings is 5. The van der Waals surface area contributed by atoms with Crippen LogP contribution in [-0.4, -0.2) is 201 Å². The van der Waals surface area contributed by atoms with Crippen molar-refractivity contribution in [3.05, 3.63) is 216 Å². The van der Waals surface area contributed by atoms with Crippen molar-refractivity contribution in [2.45, 2.75) is 38.5 Å². The van der Waals surface area contributed by atoms with Crippen molar-refractivity contribution in [1.29, 1.82) is 0 Å². The van der Waals surface area contributed by atoms with Crippen LogP contribution in [0.15, 0.2) is 147 Å². The van der Waals surface area contributed by atoms with Crippen LogP contribution in [0.4, 0.5) is 68.9 Å². The zero-order chi connectivity index (χ0) is 97.8. The van der Waals surface area contributed by atoms with Crippen LogP contribution in [0.25, 0.3) is 21.7 Å². The van der Waals surface area contributed by atoms with Crippen LogP contribution >= 0.6 is 11.6 Å². The highest BCUT2D eigenvalue weighted by atomic mass is 35.5. The molecule has 0 aliphatic carbocycles. The van der Waals surface area contributed by atoms with E-state index in [0.29, 0.717) is 45.6 Å². The Bertz CT molecular complexity index is 7290. The molecule has 0 spiro atoms. The molecule has 0 saturated heterocycles. The fraction of sp³-hybridized carbons (Fsp3) is 0.236. The lowest BCUT2D eigenvalue weighted by molar-refractivity contribution is -0.117. The fourth-order valence-electron chi connectivity index (χ4n) is 15.6. The van der Waals surface area contributed by atoms with Gasteiger partial charge in [0.25, 0.3) is 65.0 Å². The number of amides is 15. The first-order valence-electron chi connectivity index (χ1n) is 42.3. The molecule has 1 aliphatic heterocycles. The topological polar surface area (TPSA) is 577 Å². The van der Waals surface area contributed by atoms with Crippen molar-refractivity contribution < 1.29 is 77.0 Å². The molecule has 0 fully saturated rings. The van der Waals surface area contributed by atoms with Gasteiger partial charge in [-0.1, -0.05) is 24.3 Å². The Morgan fingerprint density at radius 3 is 1.17 bits per heavy atom. The number of fused-ring (bicyclic) bond motifs is 4. The number of phenolic OH excluding ortho intramolecular Hbond substituents is 1. The highest BCUT2D eigenvalue weighted by Gasteiger charge is 2.37. The van der Waals surface area contributed by atoms with Crippen LogP contribution in [0.5, 0.6) is 5.75 Å². The number of aryl methyl sites for hydroxylation is 10. The lowest BCUT2D eigenvalue weighted by atomic mass is 9.95. The van der Waals surface area contributed by atoms with Crippen molar-refractivity contribution >= 4 is 191 Å². The Balaban J connectivity index is 0.445. The van der Waals surface area contributed by atoms with Crippen LogP contribution < -0.4 is 79.3 Å². The second-order valence-electron chi connectivity index (χ2n) is 32.4. The van der Waals surface area contributed by atoms with E-state index >= 15 is 0 Å². The van der Waals surface area contributed by atoms with Crippen LogP contribution in [-0.2, 0) is 89.7 Å². The van der Waals surface area contributed by atoms with Crippen molar-refractivity contribution in [1.82, 2.24) is 91.5 Å². The second-order valence-corrected chi connectivity index (χ2v) is 32.7. The molecule has 48 heteroatoms. The van der Waals surface area contributed by atoms with Crippen LogP contribution in [0.3, 0.4) is 0 Å². The standard InChI is InChI=1S/C89H92ClN31O16/c1-45(122)94-65-40-117(8)77(103-65)87(135)110-69-44-119(10)76(107-69)86(134)100-53-30-60(112(3)39-53)80(128)92-23-20-71(125)96-50-28-63(114(5)36-50)83(131)108-67-42-120(11)78(106-67)88(136)109-68-43-116(7)74(105-68)84(132)91-22-14-17-70(124)95-49-27-61(113(4)35-49)81(129)99-52-31-62(115(6)38-52)82(130)98-51-29-59(111(2)37-51)79(127)93-24-21-72(126)102-66-41-118(9)75(104-66)85(133)97-48-18-19-56-46(25-48)26-57(101-56)89(137)121-34-47(33-90)73-55-16-13-12-15-54(55)64(123)32-58(73)121/h12-13,15-16,18-19,25-32,35-44,47,101,123H,14,17,20-24,33-34H2,1-11H3,(H,91,132)(H,92,128)(H,93,127)(H,94,122)(H,95,124)(H,96,125)(H,97,133)(H,98,130)(H,99,129)(H,100,134)(H,102,126)(H,108,131)(H,109,136)(H,110,135). The highest BCUT2D eigenvalue weighted by Crippen LogP contribution is 2.46. The molecule has 47 nitrogen and oxygen atoms in total. The maximum Gasteiger partial charge on any atom is 0.292 e. The minimum Gasteiger partial charge on any atom is -0.507 e. The number of aromatic amines is 1. The number of aromatic hydroxyl groups is 1. The number of phenols is 1. The van der Waals surface area contributed by atoms with E-state index in [9.17, 15) is 77.0 Å². The van der Waals surface area contributed by atoms with Gasteiger partial charge in [-0.2, -0.15) is 0 Å². The first kappa shape index (κ1) is 93.7. The number of alkyl halides is 1. The quantitative estimate of drug-likeness (QED) is 0.0149. The van der Waals surface area contributed by atoms with E-state index in [0.717, 1.165) is 10.9 Å². The number of carbonyl (C=O) groups excluding carboxylic acids is 15. The minimum absolute atomic E-state index is 0.00309. The molecule has 706 valence electrons. The Hall–Kier alpha value is -18.0. The fourth-order valence-corrected chi connectivity index (χ4v) is 15.9. The maximum absolute atomic E-state index is 14.1. The summed E-state index contributed by atoms with van der Waals surface area (Å²) in [6, 6.07) is 23.0. The summed E-state index contributed by atoms with van der Waals surface area (Å²) in [5.41, 5.74) is 4.85. The summed E-state index contributed by atoms with van der Waals surface area (Å²) < 4.78 is 14.4. The summed E-state index contributed by atoms with van der Waals surface area (Å²) in [5, 5.41) is 50.6. The number of benzene rings is 3. The molecule has 0 bridgehead atoms. The molecule has 1 atom stereocenters. The van der Waals surface area contributed by atoms with Gasteiger partial charge in [-0.25, -0.2) is 24.9 Å². The number of halogens is 1. The van der Waals surface area contributed by atoms with Gasteiger partial charge < -0.3 is 135 Å². The number of rotatable bonds is 33. The average Bonchev–Trinajstić information content (AvgIpc) is 1.60. The molecule has 0 saturated carbocycles. The molecule has 14 aromatic rings. The molecule has 12 heterocycles. The van der Waals surface area contributed by atoms with Gasteiger partial charge in [0.1, 0.15) is 39.9 Å². The third kappa shape index (κ3) is 21.0. The molecular formula is C89H92ClN31O16. The second kappa shape index (κ2) is 39.2. The predicted molar refractivity (Wildman–Crippen MR) is 503 cm³/mol. The normalized spacial score (nSPS) is 12.1. The summed E-state index contributed by atoms with van der Waals surface area (Å²) in [6.45, 7) is 1.48. The molecule has 15 amide bonds. The number of nitrogens with one attached hydrogen (secondary N) is 15. The lowest BCUT2D eigenvalue weighted by Gasteiger charge is -2.17. The summed E-state index contributed by atoms with van der Waals surface area (Å²) in [7, 11) is 15.7. The van der Waals surface area contributed by atoms with Crippen molar-refractivity contribution in [3.63, 3.8) is 0 Å². The molecule has 0 radical (unpaired) electrons. The molecule has 11 aromatic heterocycles. The van der Waals surface area contributed by atoms with Gasteiger partial charge in [-0.3, -0.25) is 71.9 Å². The number of nitrogens with zero attached hydrogens (tertiary/aromatic N) is 16. The number of anilines is 12. The Kier molecular flexibility index (Phi) is 26.8. The van der Waals surface area contributed by atoms with E-state index in [-0.39, 0.29) is 184 Å². The molecule has 15 rings (SSSR count). The van der Waals surface area contributed by atoms with E-state index in [1.54, 1.807) is 91.6 Å². The zero-order valence-electron chi connectivity index (χ0n) is 75.4. The molecular weight excluding hydrogens is 1790 g/mol. The third-order valence-electron chi connectivity index (χ3n) is 22.0. The first-order valence-corrected chi connectivity index (χ1v) is 42.8. The maximum atomic E-state index is 14.1. The summed E-state index contributed by atoms with van der Waals surface area (Å²) >= 11 is 6.42. The average molecular weight is 1890 g/mol. The number of hydrogen-bond acceptors (Lipinski definition) is 21. The highest BCUT2D eigenvalue weighted by molar-refractivity contribution is 6.20. The van der Waals surface area contributed by atoms with Crippen LogP contribution in [0.1, 0.15) is 160 Å². The zero-order valence-corrected chi connectivity index (χ0v) is 76.2. The SMILES string of the molecule is CC(=O)Nc1cn(C)c(C(=O)Nc2cn(C)c(C(=O)Nc3cc(C(=O)NCCC(=O)Nc4cc(C(=O)Nc5cn(C)c(C(=O)Nc6cn(C)c(C(=O)NCCCC(=O)Nc7cc(C(=O)Nc8cc(C(=O)Nc9cc(C(=O)NCCC(=O)Nc%10cn(C)c(C(=O)Nc%11ccc%12[nH]c(C(=O)N%13CC(CCl)c%14c%13cc(O)c%13ccccc%14%13)cc%12c%11)n%10)n(C)c9)n(C)c8)n(C)c7)n6)n5)n(C)c4)n(C)c3)n2)n1. The number of H-pyrrole nitrogens is 1. The molecule has 1 unspecified atom stereocenters. The van der Waals surface area contributed by atoms with Crippen molar-refractivity contribution in [2.75, 3.05) is 95.4 Å². The Labute approximate surface area is 781 Å². The molecule has 137 heavy (non-hydrogen) atoms. The van der Waals surface area contributed by atoms with Gasteiger partial charge in [0, 0.05) is 225 Å². The van der Waals surface area contributed by atoms with Crippen LogP contribution in [0, 0.1) is 0 Å². The van der Waals surface area contributed by atoms with E-state index in [2.05, 4.69) is 104 Å². The van der Waals surface area contributed by atoms with Gasteiger partial charge in [-0.15, -0.1) is 11.6 Å². The van der Waals surface area contributed by atoms with Gasteiger partial charge in [0.2, 0.25) is 52.8 Å². The van der Waals surface area contributed by atoms with Crippen molar-refractivity contribution in [2.24, 2.45) is 70.5 Å². The van der Waals surface area contributed by atoms with Gasteiger partial charge >= 0.3 is 0 Å². The van der Waals surface area contributed by atoms with Gasteiger partial charge in [-0.05, 0) is 72.0 Å². The lowest BCUT2D eigenvalue weighted by Crippen LogP contribution is -2.30.